The molecule has 1 spiro atoms. The van der Waals surface area contributed by atoms with E-state index in [1.807, 2.05) is 0 Å². The van der Waals surface area contributed by atoms with Gasteiger partial charge in [0.2, 0.25) is 0 Å². The average molecular weight is 264 g/mol. The number of hydrogen-bond acceptors (Lipinski definition) is 1. The highest BCUT2D eigenvalue weighted by Gasteiger charge is 2.51. The normalized spacial score (nSPS) is 17.3. The van der Waals surface area contributed by atoms with Gasteiger partial charge < -0.3 is 4.74 Å². The Morgan fingerprint density at radius 3 is 2.60 bits per heavy atom. The third-order valence-corrected chi connectivity index (χ3v) is 4.72. The first-order valence-corrected chi connectivity index (χ1v) is 7.65. The minimum absolute atomic E-state index is 0.250. The number of fused-ring (bicyclic) bond motifs is 4. The quantitative estimate of drug-likeness (QED) is 0.730. The molecule has 1 fully saturated rings. The molecule has 2 aromatic carbocycles. The monoisotopic (exact) mass is 264 g/mol. The van der Waals surface area contributed by atoms with Gasteiger partial charge in [-0.25, -0.2) is 0 Å². The minimum Gasteiger partial charge on any atom is -0.457 e. The molecule has 0 aromatic heterocycles. The van der Waals surface area contributed by atoms with Crippen LogP contribution < -0.4 is 4.74 Å². The van der Waals surface area contributed by atoms with E-state index in [1.165, 1.54) is 41.5 Å². The fourth-order valence-electron chi connectivity index (χ4n) is 3.52. The molecule has 1 saturated carbocycles. The zero-order chi connectivity index (χ0) is 13.7. The topological polar surface area (TPSA) is 9.23 Å². The Morgan fingerprint density at radius 2 is 1.85 bits per heavy atom. The summed E-state index contributed by atoms with van der Waals surface area (Å²) >= 11 is 0. The summed E-state index contributed by atoms with van der Waals surface area (Å²) in [5.41, 5.74) is 5.77. The van der Waals surface area contributed by atoms with Crippen LogP contribution in [-0.2, 0) is 11.8 Å². The Hall–Kier alpha value is -1.76. The smallest absolute Gasteiger partial charge is 0.131 e. The molecular formula is C19H20O. The summed E-state index contributed by atoms with van der Waals surface area (Å²) in [6.45, 7) is 4.37. The zero-order valence-corrected chi connectivity index (χ0v) is 12.2. The third kappa shape index (κ3) is 1.62. The first-order chi connectivity index (χ1) is 9.73. The van der Waals surface area contributed by atoms with Crippen LogP contribution in [0.15, 0.2) is 36.4 Å². The highest BCUT2D eigenvalue weighted by atomic mass is 16.5. The van der Waals surface area contributed by atoms with Crippen molar-refractivity contribution in [3.05, 3.63) is 58.7 Å². The summed E-state index contributed by atoms with van der Waals surface area (Å²) in [6.07, 6.45) is 4.87. The van der Waals surface area contributed by atoms with Gasteiger partial charge in [0.25, 0.3) is 0 Å². The molecule has 1 nitrogen and oxygen atoms in total. The molecular weight excluding hydrogens is 244 g/mol. The van der Waals surface area contributed by atoms with Crippen LogP contribution in [0, 0.1) is 6.92 Å². The second kappa shape index (κ2) is 4.12. The summed E-state index contributed by atoms with van der Waals surface area (Å²) in [4.78, 5) is 0. The van der Waals surface area contributed by atoms with Gasteiger partial charge in [0.1, 0.15) is 11.5 Å². The maximum absolute atomic E-state index is 6.17. The summed E-state index contributed by atoms with van der Waals surface area (Å²) in [5, 5.41) is 0. The van der Waals surface area contributed by atoms with E-state index in [0.29, 0.717) is 0 Å². The maximum Gasteiger partial charge on any atom is 0.131 e. The molecule has 2 aromatic rings. The molecule has 0 N–H and O–H groups in total. The predicted octanol–water partition coefficient (Wildman–Crippen LogP) is 5.13. The molecule has 4 rings (SSSR count). The highest BCUT2D eigenvalue weighted by Crippen LogP contribution is 2.61. The summed E-state index contributed by atoms with van der Waals surface area (Å²) < 4.78 is 6.17. The van der Waals surface area contributed by atoms with Gasteiger partial charge in [-0.1, -0.05) is 37.6 Å². The minimum atomic E-state index is 0.250. The first kappa shape index (κ1) is 12.0. The number of benzene rings is 2. The lowest BCUT2D eigenvalue weighted by atomic mass is 9.83. The van der Waals surface area contributed by atoms with Crippen LogP contribution in [0.3, 0.4) is 0 Å². The second-order valence-corrected chi connectivity index (χ2v) is 6.26. The van der Waals surface area contributed by atoms with Crippen molar-refractivity contribution >= 4 is 0 Å². The molecule has 0 unspecified atom stereocenters. The number of rotatable bonds is 2. The lowest BCUT2D eigenvalue weighted by Gasteiger charge is -2.29. The second-order valence-electron chi connectivity index (χ2n) is 6.26. The largest absolute Gasteiger partial charge is 0.457 e. The lowest BCUT2D eigenvalue weighted by molar-refractivity contribution is 0.441. The molecule has 1 aliphatic heterocycles. The van der Waals surface area contributed by atoms with E-state index in [-0.39, 0.29) is 5.41 Å². The van der Waals surface area contributed by atoms with Gasteiger partial charge in [0.15, 0.2) is 0 Å². The number of hydrogen-bond donors (Lipinski definition) is 0. The van der Waals surface area contributed by atoms with Crippen LogP contribution in [0.1, 0.15) is 48.4 Å². The van der Waals surface area contributed by atoms with E-state index >= 15 is 0 Å². The maximum atomic E-state index is 6.17. The molecule has 1 aliphatic carbocycles. The van der Waals surface area contributed by atoms with Gasteiger partial charge in [0.05, 0.1) is 0 Å². The van der Waals surface area contributed by atoms with Crippen LogP contribution in [0.4, 0.5) is 0 Å². The molecule has 0 bridgehead atoms. The van der Waals surface area contributed by atoms with E-state index in [0.717, 1.165) is 17.9 Å². The molecule has 102 valence electrons. The summed E-state index contributed by atoms with van der Waals surface area (Å²) in [5.74, 6) is 2.14. The van der Waals surface area contributed by atoms with E-state index in [2.05, 4.69) is 50.2 Å². The highest BCUT2D eigenvalue weighted by molar-refractivity contribution is 5.62. The number of aryl methyl sites for hydroxylation is 2. The number of ether oxygens (including phenoxy) is 1. The lowest BCUT2D eigenvalue weighted by Crippen LogP contribution is -2.16. The molecule has 20 heavy (non-hydrogen) atoms. The standard InChI is InChI=1S/C19H20O/c1-3-4-14-6-8-17-16(12-14)19(9-10-19)15-7-5-13(2)11-18(15)20-17/h5-8,11-12H,3-4,9-10H2,1-2H3. The molecule has 1 heterocycles. The summed E-state index contributed by atoms with van der Waals surface area (Å²) in [7, 11) is 0. The van der Waals surface area contributed by atoms with Crippen molar-refractivity contribution in [2.75, 3.05) is 0 Å². The Kier molecular flexibility index (Phi) is 2.47. The SMILES string of the molecule is CCCc1ccc2c(c1)C1(CC1)c1ccc(C)cc1O2. The van der Waals surface area contributed by atoms with E-state index in [4.69, 9.17) is 4.74 Å². The van der Waals surface area contributed by atoms with Crippen molar-refractivity contribution in [2.45, 2.75) is 44.9 Å². The molecule has 0 saturated heterocycles. The zero-order valence-electron chi connectivity index (χ0n) is 12.2. The van der Waals surface area contributed by atoms with Crippen LogP contribution in [0.25, 0.3) is 0 Å². The van der Waals surface area contributed by atoms with E-state index in [1.54, 1.807) is 0 Å². The Balaban J connectivity index is 1.87. The fourth-order valence-corrected chi connectivity index (χ4v) is 3.52. The van der Waals surface area contributed by atoms with Gasteiger partial charge in [-0.2, -0.15) is 0 Å². The summed E-state index contributed by atoms with van der Waals surface area (Å²) in [6, 6.07) is 13.4. The van der Waals surface area contributed by atoms with Crippen LogP contribution >= 0.6 is 0 Å². The van der Waals surface area contributed by atoms with Crippen molar-refractivity contribution < 1.29 is 4.74 Å². The van der Waals surface area contributed by atoms with Gasteiger partial charge in [-0.3, -0.25) is 0 Å². The Morgan fingerprint density at radius 1 is 1.00 bits per heavy atom. The van der Waals surface area contributed by atoms with E-state index in [9.17, 15) is 0 Å². The van der Waals surface area contributed by atoms with Crippen LogP contribution in [0.2, 0.25) is 0 Å². The van der Waals surface area contributed by atoms with Crippen molar-refractivity contribution in [2.24, 2.45) is 0 Å². The van der Waals surface area contributed by atoms with Crippen molar-refractivity contribution in [3.8, 4) is 11.5 Å². The third-order valence-electron chi connectivity index (χ3n) is 4.72. The van der Waals surface area contributed by atoms with Gasteiger partial charge in [-0.15, -0.1) is 0 Å². The molecule has 2 aliphatic rings. The molecule has 0 radical (unpaired) electrons. The van der Waals surface area contributed by atoms with Gasteiger partial charge in [-0.05, 0) is 49.4 Å². The van der Waals surface area contributed by atoms with Crippen LogP contribution in [0.5, 0.6) is 11.5 Å². The van der Waals surface area contributed by atoms with E-state index < -0.39 is 0 Å². The van der Waals surface area contributed by atoms with Crippen molar-refractivity contribution in [1.29, 1.82) is 0 Å². The van der Waals surface area contributed by atoms with Gasteiger partial charge in [0, 0.05) is 16.5 Å². The van der Waals surface area contributed by atoms with Crippen molar-refractivity contribution in [1.82, 2.24) is 0 Å². The Bertz CT molecular complexity index is 680. The average Bonchev–Trinajstić information content (AvgIpc) is 3.21. The Labute approximate surface area is 120 Å². The molecule has 0 amide bonds. The molecule has 1 heteroatoms. The first-order valence-electron chi connectivity index (χ1n) is 7.65. The van der Waals surface area contributed by atoms with Crippen molar-refractivity contribution in [3.63, 3.8) is 0 Å². The van der Waals surface area contributed by atoms with Gasteiger partial charge >= 0.3 is 0 Å². The van der Waals surface area contributed by atoms with Crippen LogP contribution in [-0.4, -0.2) is 0 Å². The predicted molar refractivity (Wildman–Crippen MR) is 81.7 cm³/mol. The molecule has 0 atom stereocenters. The fraction of sp³-hybridized carbons (Fsp3) is 0.368.